The van der Waals surface area contributed by atoms with Gasteiger partial charge in [0.05, 0.1) is 10.5 Å². The summed E-state index contributed by atoms with van der Waals surface area (Å²) in [6.45, 7) is 0. The highest BCUT2D eigenvalue weighted by atomic mass is 32.2. The molecule has 1 heterocycles. The summed E-state index contributed by atoms with van der Waals surface area (Å²) in [5.74, 6) is 1.57. The minimum atomic E-state index is -3.05. The van der Waals surface area contributed by atoms with E-state index in [9.17, 15) is 13.2 Å². The fourth-order valence-electron chi connectivity index (χ4n) is 6.61. The van der Waals surface area contributed by atoms with Gasteiger partial charge in [0.2, 0.25) is 0 Å². The molecule has 4 bridgehead atoms. The van der Waals surface area contributed by atoms with Gasteiger partial charge in [-0.1, -0.05) is 0 Å². The number of fused-ring (bicyclic) bond motifs is 10. The first-order valence-electron chi connectivity index (χ1n) is 7.85. The Morgan fingerprint density at radius 1 is 0.737 bits per heavy atom. The van der Waals surface area contributed by atoms with Crippen molar-refractivity contribution in [2.75, 3.05) is 0 Å². The standard InChI is InChI=1S/C15H20O3S/c16-13-11-7-1-3-9(5-7)14(11)19(17,18)15-10-4-2-8(6-10)12(13)15/h7-12,14-15H,1-6H2/t7-,8-,9-,10+,11-,12+,14+,15+/m0/s1. The van der Waals surface area contributed by atoms with Crippen molar-refractivity contribution in [3.8, 4) is 0 Å². The van der Waals surface area contributed by atoms with Crippen molar-refractivity contribution < 1.29 is 13.2 Å². The minimum absolute atomic E-state index is 0.107. The Kier molecular flexibility index (Phi) is 1.94. The van der Waals surface area contributed by atoms with E-state index in [0.29, 0.717) is 29.5 Å². The second-order valence-corrected chi connectivity index (χ2v) is 9.91. The lowest BCUT2D eigenvalue weighted by Gasteiger charge is -2.43. The van der Waals surface area contributed by atoms with Gasteiger partial charge in [0.15, 0.2) is 9.84 Å². The van der Waals surface area contributed by atoms with Crippen LogP contribution in [0.4, 0.5) is 0 Å². The molecular formula is C15H20O3S. The maximum Gasteiger partial charge on any atom is 0.158 e. The second-order valence-electron chi connectivity index (χ2n) is 7.64. The fraction of sp³-hybridized carbons (Fsp3) is 0.933. The summed E-state index contributed by atoms with van der Waals surface area (Å²) in [6, 6.07) is 0. The number of rotatable bonds is 0. The van der Waals surface area contributed by atoms with Crippen LogP contribution in [-0.2, 0) is 14.6 Å². The second kappa shape index (κ2) is 3.26. The molecule has 0 aromatic rings. The van der Waals surface area contributed by atoms with Gasteiger partial charge in [-0.3, -0.25) is 4.79 Å². The Morgan fingerprint density at radius 3 is 1.63 bits per heavy atom. The van der Waals surface area contributed by atoms with E-state index in [1.807, 2.05) is 0 Å². The third kappa shape index (κ3) is 1.13. The lowest BCUT2D eigenvalue weighted by atomic mass is 9.74. The van der Waals surface area contributed by atoms with Crippen molar-refractivity contribution in [1.82, 2.24) is 0 Å². The van der Waals surface area contributed by atoms with Gasteiger partial charge in [-0.15, -0.1) is 0 Å². The number of carbonyl (C=O) groups excluding carboxylic acids is 1. The van der Waals surface area contributed by atoms with Gasteiger partial charge in [-0.05, 0) is 62.2 Å². The Balaban J connectivity index is 1.68. The smallest absolute Gasteiger partial charge is 0.158 e. The molecule has 1 aliphatic heterocycles. The molecule has 0 spiro atoms. The number of ketones is 1. The topological polar surface area (TPSA) is 51.2 Å². The summed E-state index contributed by atoms with van der Waals surface area (Å²) in [5.41, 5.74) is 0. The molecule has 1 saturated heterocycles. The molecular weight excluding hydrogens is 260 g/mol. The van der Waals surface area contributed by atoms with Gasteiger partial charge in [0, 0.05) is 11.8 Å². The van der Waals surface area contributed by atoms with E-state index in [1.54, 1.807) is 0 Å². The molecule has 3 nitrogen and oxygen atoms in total. The van der Waals surface area contributed by atoms with Gasteiger partial charge in [-0.2, -0.15) is 0 Å². The average molecular weight is 280 g/mol. The van der Waals surface area contributed by atoms with E-state index in [4.69, 9.17) is 0 Å². The predicted octanol–water partition coefficient (Wildman–Crippen LogP) is 1.81. The molecule has 104 valence electrons. The van der Waals surface area contributed by atoms with Crippen LogP contribution in [0, 0.1) is 35.5 Å². The molecule has 8 atom stereocenters. The maximum absolute atomic E-state index is 13.0. The molecule has 0 aromatic carbocycles. The van der Waals surface area contributed by atoms with Gasteiger partial charge >= 0.3 is 0 Å². The maximum atomic E-state index is 13.0. The van der Waals surface area contributed by atoms with Gasteiger partial charge in [0.1, 0.15) is 5.78 Å². The Morgan fingerprint density at radius 2 is 1.16 bits per heavy atom. The number of sulfone groups is 1. The molecule has 0 radical (unpaired) electrons. The van der Waals surface area contributed by atoms with E-state index in [1.165, 1.54) is 0 Å². The van der Waals surface area contributed by atoms with Gasteiger partial charge in [0.25, 0.3) is 0 Å². The third-order valence-corrected chi connectivity index (χ3v) is 9.97. The summed E-state index contributed by atoms with van der Waals surface area (Å²) in [6.07, 6.45) is 6.30. The number of carbonyl (C=O) groups is 1. The van der Waals surface area contributed by atoms with E-state index in [2.05, 4.69) is 0 Å². The molecule has 5 fully saturated rings. The Bertz CT molecular complexity index is 524. The molecule has 5 aliphatic rings. The monoisotopic (exact) mass is 280 g/mol. The Hall–Kier alpha value is -0.380. The molecule has 4 saturated carbocycles. The van der Waals surface area contributed by atoms with Crippen LogP contribution in [-0.4, -0.2) is 24.7 Å². The Labute approximate surface area is 114 Å². The van der Waals surface area contributed by atoms with Crippen LogP contribution < -0.4 is 0 Å². The first-order chi connectivity index (χ1) is 9.09. The minimum Gasteiger partial charge on any atom is -0.299 e. The van der Waals surface area contributed by atoms with E-state index in [-0.39, 0.29) is 22.3 Å². The van der Waals surface area contributed by atoms with Crippen molar-refractivity contribution in [2.45, 2.75) is 49.0 Å². The van der Waals surface area contributed by atoms with E-state index < -0.39 is 9.84 Å². The first kappa shape index (κ1) is 11.3. The summed E-state index contributed by atoms with van der Waals surface area (Å²) in [7, 11) is -3.05. The molecule has 4 aliphatic carbocycles. The quantitative estimate of drug-likeness (QED) is 0.680. The van der Waals surface area contributed by atoms with Crippen LogP contribution in [0.2, 0.25) is 0 Å². The molecule has 0 aromatic heterocycles. The first-order valence-corrected chi connectivity index (χ1v) is 9.46. The summed E-state index contributed by atoms with van der Waals surface area (Å²) in [5, 5.41) is -0.557. The zero-order valence-electron chi connectivity index (χ0n) is 11.0. The van der Waals surface area contributed by atoms with Crippen LogP contribution in [0.25, 0.3) is 0 Å². The van der Waals surface area contributed by atoms with Crippen molar-refractivity contribution >= 4 is 15.6 Å². The van der Waals surface area contributed by atoms with Crippen molar-refractivity contribution in [1.29, 1.82) is 0 Å². The highest BCUT2D eigenvalue weighted by Crippen LogP contribution is 2.62. The number of Topliss-reactive ketones (excluding diaryl/α,β-unsaturated/α-hetero) is 1. The lowest BCUT2D eigenvalue weighted by Crippen LogP contribution is -2.56. The van der Waals surface area contributed by atoms with Gasteiger partial charge < -0.3 is 0 Å². The summed E-state index contributed by atoms with van der Waals surface area (Å²) in [4.78, 5) is 12.9. The van der Waals surface area contributed by atoms with E-state index in [0.717, 1.165) is 38.5 Å². The SMILES string of the molecule is O=C1[C@@H]2[C@H]3CC[C@@H](C3)[C@H]2S(=O)(=O)[C@@H]2[C@@H]3CC[C@@H](C3)[C@H]12. The van der Waals surface area contributed by atoms with Crippen LogP contribution in [0.1, 0.15) is 38.5 Å². The third-order valence-electron chi connectivity index (χ3n) is 7.10. The predicted molar refractivity (Wildman–Crippen MR) is 70.1 cm³/mol. The molecule has 5 rings (SSSR count). The van der Waals surface area contributed by atoms with Crippen LogP contribution in [0.3, 0.4) is 0 Å². The average Bonchev–Trinajstić information content (AvgIpc) is 3.11. The molecule has 19 heavy (non-hydrogen) atoms. The van der Waals surface area contributed by atoms with Crippen LogP contribution in [0.5, 0.6) is 0 Å². The fourth-order valence-corrected chi connectivity index (χ4v) is 10.1. The number of hydrogen-bond donors (Lipinski definition) is 0. The number of hydrogen-bond acceptors (Lipinski definition) is 3. The van der Waals surface area contributed by atoms with E-state index >= 15 is 0 Å². The largest absolute Gasteiger partial charge is 0.299 e. The summed E-state index contributed by atoms with van der Waals surface area (Å²) < 4.78 is 26.1. The highest BCUT2D eigenvalue weighted by Gasteiger charge is 2.68. The van der Waals surface area contributed by atoms with Crippen LogP contribution in [0.15, 0.2) is 0 Å². The van der Waals surface area contributed by atoms with Gasteiger partial charge in [-0.25, -0.2) is 8.42 Å². The highest BCUT2D eigenvalue weighted by molar-refractivity contribution is 7.92. The molecule has 0 unspecified atom stereocenters. The van der Waals surface area contributed by atoms with Crippen molar-refractivity contribution in [2.24, 2.45) is 35.5 Å². The lowest BCUT2D eigenvalue weighted by molar-refractivity contribution is -0.130. The normalized spacial score (nSPS) is 60.3. The zero-order valence-corrected chi connectivity index (χ0v) is 11.8. The molecule has 0 N–H and O–H groups in total. The van der Waals surface area contributed by atoms with Crippen molar-refractivity contribution in [3.63, 3.8) is 0 Å². The molecule has 0 amide bonds. The zero-order chi connectivity index (χ0) is 12.9. The van der Waals surface area contributed by atoms with Crippen molar-refractivity contribution in [3.05, 3.63) is 0 Å². The molecule has 4 heteroatoms. The van der Waals surface area contributed by atoms with Crippen LogP contribution >= 0.6 is 0 Å². The summed E-state index contributed by atoms with van der Waals surface area (Å²) >= 11 is 0.